The van der Waals surface area contributed by atoms with E-state index >= 15 is 0 Å². The van der Waals surface area contributed by atoms with Gasteiger partial charge >= 0.3 is 0 Å². The first-order valence-electron chi connectivity index (χ1n) is 6.76. The van der Waals surface area contributed by atoms with Crippen molar-refractivity contribution in [2.45, 2.75) is 49.9 Å². The molecule has 0 spiro atoms. The van der Waals surface area contributed by atoms with Crippen LogP contribution in [0.25, 0.3) is 0 Å². The molecule has 2 N–H and O–H groups in total. The predicted octanol–water partition coefficient (Wildman–Crippen LogP) is 1.98. The summed E-state index contributed by atoms with van der Waals surface area (Å²) in [6.07, 6.45) is 6.18. The molecule has 0 bridgehead atoms. The van der Waals surface area contributed by atoms with Crippen LogP contribution in [0.15, 0.2) is 10.9 Å². The topological polar surface area (TPSA) is 57.8 Å². The number of hydrogen-bond acceptors (Lipinski definition) is 4. The van der Waals surface area contributed by atoms with E-state index in [4.69, 9.17) is 0 Å². The quantitative estimate of drug-likeness (QED) is 0.874. The van der Waals surface area contributed by atoms with Crippen molar-refractivity contribution in [3.05, 3.63) is 27.9 Å². The Morgan fingerprint density at radius 3 is 3.00 bits per heavy atom. The number of H-pyrrole nitrogens is 1. The number of nitrogens with one attached hydrogen (secondary N) is 2. The van der Waals surface area contributed by atoms with Crippen LogP contribution in [-0.4, -0.2) is 21.8 Å². The van der Waals surface area contributed by atoms with Crippen molar-refractivity contribution in [2.24, 2.45) is 0 Å². The van der Waals surface area contributed by atoms with Crippen LogP contribution in [0.4, 0.5) is 0 Å². The molecule has 1 unspecified atom stereocenters. The molecular formula is C13H19N3OS. The number of nitrogens with zero attached hydrogens (tertiary/aromatic N) is 1. The molecule has 1 saturated carbocycles. The molecule has 0 amide bonds. The van der Waals surface area contributed by atoms with Gasteiger partial charge in [0.2, 0.25) is 0 Å². The normalized spacial score (nSPS) is 24.1. The minimum absolute atomic E-state index is 0.0150. The van der Waals surface area contributed by atoms with E-state index in [9.17, 15) is 4.79 Å². The molecular weight excluding hydrogens is 246 g/mol. The van der Waals surface area contributed by atoms with Gasteiger partial charge in [0.15, 0.2) is 0 Å². The third kappa shape index (κ3) is 3.14. The smallest absolute Gasteiger partial charge is 0.251 e. The van der Waals surface area contributed by atoms with Gasteiger partial charge in [0, 0.05) is 18.7 Å². The third-order valence-corrected chi connectivity index (χ3v) is 4.83. The number of rotatable bonds is 4. The molecule has 1 aromatic rings. The summed E-state index contributed by atoms with van der Waals surface area (Å²) in [5.41, 5.74) is 0.866. The van der Waals surface area contributed by atoms with Crippen molar-refractivity contribution in [3.63, 3.8) is 0 Å². The minimum Gasteiger partial charge on any atom is -0.310 e. The molecule has 1 aliphatic heterocycles. The molecule has 18 heavy (non-hydrogen) atoms. The summed E-state index contributed by atoms with van der Waals surface area (Å²) >= 11 is 1.92. The molecule has 98 valence electrons. The second-order valence-corrected chi connectivity index (χ2v) is 6.44. The van der Waals surface area contributed by atoms with E-state index in [2.05, 4.69) is 15.3 Å². The first-order chi connectivity index (χ1) is 8.81. The summed E-state index contributed by atoms with van der Waals surface area (Å²) < 4.78 is 0. The van der Waals surface area contributed by atoms with Gasteiger partial charge in [0.25, 0.3) is 5.56 Å². The first-order valence-corrected chi connectivity index (χ1v) is 7.81. The molecule has 0 radical (unpaired) electrons. The summed E-state index contributed by atoms with van der Waals surface area (Å²) in [5, 5.41) is 3.79. The van der Waals surface area contributed by atoms with Crippen LogP contribution >= 0.6 is 11.8 Å². The Kier molecular flexibility index (Phi) is 3.70. The Morgan fingerprint density at radius 2 is 2.28 bits per heavy atom. The van der Waals surface area contributed by atoms with Crippen molar-refractivity contribution in [2.75, 3.05) is 5.75 Å². The largest absolute Gasteiger partial charge is 0.310 e. The van der Waals surface area contributed by atoms with Crippen LogP contribution in [0.2, 0.25) is 0 Å². The molecule has 0 aromatic carbocycles. The predicted molar refractivity (Wildman–Crippen MR) is 73.8 cm³/mol. The molecule has 2 fully saturated rings. The zero-order valence-electron chi connectivity index (χ0n) is 10.4. The Morgan fingerprint density at radius 1 is 1.39 bits per heavy atom. The van der Waals surface area contributed by atoms with Crippen LogP contribution < -0.4 is 10.9 Å². The average Bonchev–Trinajstić information content (AvgIpc) is 3.21. The van der Waals surface area contributed by atoms with Crippen LogP contribution in [0.1, 0.15) is 48.9 Å². The zero-order chi connectivity index (χ0) is 12.4. The van der Waals surface area contributed by atoms with Crippen LogP contribution in [-0.2, 0) is 6.54 Å². The van der Waals surface area contributed by atoms with Gasteiger partial charge in [0.1, 0.15) is 5.82 Å². The van der Waals surface area contributed by atoms with Gasteiger partial charge in [-0.1, -0.05) is 6.42 Å². The fraction of sp³-hybridized carbons (Fsp3) is 0.692. The van der Waals surface area contributed by atoms with Crippen molar-refractivity contribution in [1.29, 1.82) is 0 Å². The lowest BCUT2D eigenvalue weighted by Crippen LogP contribution is -2.21. The van der Waals surface area contributed by atoms with Crippen LogP contribution in [0.5, 0.6) is 0 Å². The highest BCUT2D eigenvalue weighted by Gasteiger charge is 2.21. The maximum absolute atomic E-state index is 11.7. The Balaban J connectivity index is 1.73. The van der Waals surface area contributed by atoms with Gasteiger partial charge < -0.3 is 10.3 Å². The minimum atomic E-state index is -0.0150. The molecule has 5 heteroatoms. The Hall–Kier alpha value is -0.810. The number of aromatic amines is 1. The fourth-order valence-corrected chi connectivity index (χ4v) is 3.52. The van der Waals surface area contributed by atoms with Gasteiger partial charge in [-0.25, -0.2) is 4.98 Å². The second-order valence-electron chi connectivity index (χ2n) is 5.13. The van der Waals surface area contributed by atoms with E-state index in [0.717, 1.165) is 24.5 Å². The molecule has 1 aliphatic carbocycles. The van der Waals surface area contributed by atoms with Gasteiger partial charge in [-0.2, -0.15) is 11.8 Å². The zero-order valence-corrected chi connectivity index (χ0v) is 11.3. The van der Waals surface area contributed by atoms with Crippen molar-refractivity contribution in [1.82, 2.24) is 15.3 Å². The number of thioether (sulfide) groups is 1. The second kappa shape index (κ2) is 5.45. The Labute approximate surface area is 111 Å². The molecule has 3 rings (SSSR count). The lowest BCUT2D eigenvalue weighted by molar-refractivity contribution is 0.638. The molecule has 4 nitrogen and oxygen atoms in total. The maximum Gasteiger partial charge on any atom is 0.251 e. The average molecular weight is 265 g/mol. The monoisotopic (exact) mass is 265 g/mol. The molecule has 2 heterocycles. The lowest BCUT2D eigenvalue weighted by Gasteiger charge is -2.20. The third-order valence-electron chi connectivity index (χ3n) is 3.45. The van der Waals surface area contributed by atoms with Crippen LogP contribution in [0, 0.1) is 0 Å². The van der Waals surface area contributed by atoms with E-state index in [-0.39, 0.29) is 5.56 Å². The molecule has 1 saturated heterocycles. The van der Waals surface area contributed by atoms with E-state index in [0.29, 0.717) is 11.3 Å². The molecule has 1 aromatic heterocycles. The standard InChI is InChI=1S/C13H19N3OS/c17-12-7-10(8-14-9-4-5-9)15-13(16-12)11-3-1-2-6-18-11/h7,9,11,14H,1-6,8H2,(H,15,16,17). The van der Waals surface area contributed by atoms with Crippen molar-refractivity contribution in [3.8, 4) is 0 Å². The highest BCUT2D eigenvalue weighted by molar-refractivity contribution is 7.99. The van der Waals surface area contributed by atoms with Crippen molar-refractivity contribution < 1.29 is 0 Å². The van der Waals surface area contributed by atoms with Gasteiger partial charge in [-0.05, 0) is 31.4 Å². The summed E-state index contributed by atoms with van der Waals surface area (Å²) in [5.74, 6) is 2.05. The summed E-state index contributed by atoms with van der Waals surface area (Å²) in [7, 11) is 0. The summed E-state index contributed by atoms with van der Waals surface area (Å²) in [4.78, 5) is 19.2. The van der Waals surface area contributed by atoms with Crippen molar-refractivity contribution >= 4 is 11.8 Å². The highest BCUT2D eigenvalue weighted by Crippen LogP contribution is 2.36. The van der Waals surface area contributed by atoms with Gasteiger partial charge in [-0.3, -0.25) is 4.79 Å². The Bertz CT molecular complexity index is 464. The van der Waals surface area contributed by atoms with Gasteiger partial charge in [0.05, 0.1) is 10.9 Å². The van der Waals surface area contributed by atoms with Crippen LogP contribution in [0.3, 0.4) is 0 Å². The summed E-state index contributed by atoms with van der Waals surface area (Å²) in [6.45, 7) is 0.721. The maximum atomic E-state index is 11.7. The van der Waals surface area contributed by atoms with Gasteiger partial charge in [-0.15, -0.1) is 0 Å². The number of aromatic nitrogens is 2. The highest BCUT2D eigenvalue weighted by atomic mass is 32.2. The van der Waals surface area contributed by atoms with E-state index < -0.39 is 0 Å². The first kappa shape index (κ1) is 12.2. The SMILES string of the molecule is O=c1cc(CNC2CC2)nc(C2CCCCS2)[nH]1. The lowest BCUT2D eigenvalue weighted by atomic mass is 10.2. The summed E-state index contributed by atoms with van der Waals surface area (Å²) in [6, 6.07) is 2.27. The van der Waals surface area contributed by atoms with E-state index in [1.165, 1.54) is 31.4 Å². The molecule has 2 aliphatic rings. The van der Waals surface area contributed by atoms with E-state index in [1.54, 1.807) is 6.07 Å². The van der Waals surface area contributed by atoms with E-state index in [1.807, 2.05) is 11.8 Å². The number of hydrogen-bond donors (Lipinski definition) is 2. The fourth-order valence-electron chi connectivity index (χ4n) is 2.26. The molecule has 1 atom stereocenters.